The Kier molecular flexibility index (Phi) is 9.08. The van der Waals surface area contributed by atoms with E-state index in [1.54, 1.807) is 43.9 Å². The molecule has 0 bridgehead atoms. The number of thioether (sulfide) groups is 1. The number of alkyl halides is 3. The Labute approximate surface area is 238 Å². The van der Waals surface area contributed by atoms with Gasteiger partial charge in [0.2, 0.25) is 0 Å². The molecular formula is C29H28F3NO3S3. The van der Waals surface area contributed by atoms with Crippen LogP contribution < -0.4 is 4.74 Å². The Morgan fingerprint density at radius 3 is 2.33 bits per heavy atom. The minimum Gasteiger partial charge on any atom is -0.476 e. The second-order valence-electron chi connectivity index (χ2n) is 9.32. The molecule has 0 aliphatic carbocycles. The normalized spacial score (nSPS) is 12.0. The van der Waals surface area contributed by atoms with E-state index >= 15 is 0 Å². The number of aromatic nitrogens is 1. The molecule has 0 saturated heterocycles. The highest BCUT2D eigenvalue weighted by Crippen LogP contribution is 2.37. The summed E-state index contributed by atoms with van der Waals surface area (Å²) in [5.74, 6) is 0.798. The maximum absolute atomic E-state index is 13.0. The molecule has 0 radical (unpaired) electrons. The molecule has 0 saturated carbocycles. The van der Waals surface area contributed by atoms with E-state index < -0.39 is 23.3 Å². The summed E-state index contributed by atoms with van der Waals surface area (Å²) in [5, 5.41) is 2.80. The van der Waals surface area contributed by atoms with Crippen LogP contribution >= 0.6 is 34.4 Å². The first-order chi connectivity index (χ1) is 18.4. The van der Waals surface area contributed by atoms with Gasteiger partial charge < -0.3 is 9.47 Å². The van der Waals surface area contributed by atoms with Crippen LogP contribution in [0.4, 0.5) is 13.2 Å². The van der Waals surface area contributed by atoms with E-state index in [1.165, 1.54) is 33.9 Å². The lowest BCUT2D eigenvalue weighted by molar-refractivity contribution is -0.158. The van der Waals surface area contributed by atoms with Crippen molar-refractivity contribution in [2.45, 2.75) is 56.5 Å². The van der Waals surface area contributed by atoms with E-state index in [0.717, 1.165) is 27.6 Å². The number of carbonyl (C=O) groups excluding carboxylic acids is 1. The van der Waals surface area contributed by atoms with Crippen molar-refractivity contribution in [3.8, 4) is 16.3 Å². The molecule has 206 valence electrons. The van der Waals surface area contributed by atoms with Gasteiger partial charge in [-0.2, -0.15) is 13.2 Å². The largest absolute Gasteiger partial charge is 0.476 e. The van der Waals surface area contributed by atoms with Crippen LogP contribution in [0, 0.1) is 6.92 Å². The zero-order valence-corrected chi connectivity index (χ0v) is 24.4. The highest BCUT2D eigenvalue weighted by molar-refractivity contribution is 7.98. The van der Waals surface area contributed by atoms with Crippen LogP contribution in [0.3, 0.4) is 0 Å². The van der Waals surface area contributed by atoms with Gasteiger partial charge >= 0.3 is 12.1 Å². The van der Waals surface area contributed by atoms with Crippen LogP contribution in [-0.2, 0) is 27.9 Å². The summed E-state index contributed by atoms with van der Waals surface area (Å²) in [5.41, 5.74) is 1.01. The Morgan fingerprint density at radius 2 is 1.74 bits per heavy atom. The van der Waals surface area contributed by atoms with Crippen molar-refractivity contribution in [2.24, 2.45) is 0 Å². The smallest absolute Gasteiger partial charge is 0.416 e. The average molecular weight is 592 g/mol. The van der Waals surface area contributed by atoms with Crippen LogP contribution in [0.2, 0.25) is 0 Å². The predicted molar refractivity (Wildman–Crippen MR) is 152 cm³/mol. The van der Waals surface area contributed by atoms with Crippen LogP contribution in [0.25, 0.3) is 10.6 Å². The molecular weight excluding hydrogens is 564 g/mol. The molecule has 0 aliphatic heterocycles. The maximum atomic E-state index is 13.0. The molecule has 0 unspecified atom stereocenters. The number of ether oxygens (including phenoxy) is 2. The monoisotopic (exact) mass is 591 g/mol. The third kappa shape index (κ3) is 7.64. The number of thiophene rings is 1. The fraction of sp³-hybridized carbons (Fsp3) is 0.310. The highest BCUT2D eigenvalue weighted by Gasteiger charge is 2.32. The SMILES string of the molecule is CCOC(=O)C(C)(C)Oc1ccc(SCc2sc(-c3ccc(C(F)(F)F)cc3)nc2Cc2cc(C)cs2)cc1. The topological polar surface area (TPSA) is 48.4 Å². The average Bonchev–Trinajstić information content (AvgIpc) is 3.49. The first-order valence-corrected chi connectivity index (χ1v) is 14.9. The fourth-order valence-corrected chi connectivity index (χ4v) is 6.67. The van der Waals surface area contributed by atoms with Gasteiger partial charge in [0.25, 0.3) is 0 Å². The van der Waals surface area contributed by atoms with Crippen molar-refractivity contribution in [2.75, 3.05) is 6.61 Å². The molecule has 0 atom stereocenters. The lowest BCUT2D eigenvalue weighted by Crippen LogP contribution is -2.39. The van der Waals surface area contributed by atoms with Gasteiger partial charge in [-0.15, -0.1) is 34.4 Å². The zero-order valence-electron chi connectivity index (χ0n) is 21.9. The molecule has 0 amide bonds. The van der Waals surface area contributed by atoms with Gasteiger partial charge in [-0.1, -0.05) is 12.1 Å². The van der Waals surface area contributed by atoms with Gasteiger partial charge in [-0.05, 0) is 81.1 Å². The number of halogens is 3. The molecule has 2 heterocycles. The van der Waals surface area contributed by atoms with E-state index in [0.29, 0.717) is 28.5 Å². The number of hydrogen-bond donors (Lipinski definition) is 0. The Hall–Kier alpha value is -2.82. The molecule has 4 aromatic rings. The molecule has 0 N–H and O–H groups in total. The van der Waals surface area contributed by atoms with Gasteiger partial charge in [0.05, 0.1) is 17.9 Å². The number of carbonyl (C=O) groups is 1. The molecule has 10 heteroatoms. The molecule has 0 spiro atoms. The van der Waals surface area contributed by atoms with Crippen LogP contribution in [0.1, 0.15) is 47.3 Å². The summed E-state index contributed by atoms with van der Waals surface area (Å²) >= 11 is 4.82. The van der Waals surface area contributed by atoms with E-state index in [2.05, 4.69) is 11.4 Å². The van der Waals surface area contributed by atoms with Crippen molar-refractivity contribution >= 4 is 40.4 Å². The Morgan fingerprint density at radius 1 is 1.05 bits per heavy atom. The van der Waals surface area contributed by atoms with Gasteiger partial charge in [-0.25, -0.2) is 9.78 Å². The van der Waals surface area contributed by atoms with Crippen molar-refractivity contribution in [3.05, 3.63) is 86.6 Å². The Balaban J connectivity index is 1.51. The number of esters is 1. The number of hydrogen-bond acceptors (Lipinski definition) is 7. The molecule has 0 aliphatic rings. The van der Waals surface area contributed by atoms with Gasteiger partial charge in [0.15, 0.2) is 5.60 Å². The molecule has 0 fully saturated rings. The summed E-state index contributed by atoms with van der Waals surface area (Å²) < 4.78 is 50.0. The summed E-state index contributed by atoms with van der Waals surface area (Å²) in [4.78, 5) is 20.2. The van der Waals surface area contributed by atoms with Gasteiger partial charge in [0.1, 0.15) is 10.8 Å². The van der Waals surface area contributed by atoms with Gasteiger partial charge in [0, 0.05) is 32.4 Å². The maximum Gasteiger partial charge on any atom is 0.416 e. The van der Waals surface area contributed by atoms with E-state index in [9.17, 15) is 18.0 Å². The van der Waals surface area contributed by atoms with Crippen molar-refractivity contribution in [1.29, 1.82) is 0 Å². The third-order valence-corrected chi connectivity index (χ3v) is 9.12. The van der Waals surface area contributed by atoms with Crippen molar-refractivity contribution in [1.82, 2.24) is 4.98 Å². The van der Waals surface area contributed by atoms with Gasteiger partial charge in [-0.3, -0.25) is 0 Å². The number of aryl methyl sites for hydroxylation is 1. The highest BCUT2D eigenvalue weighted by atomic mass is 32.2. The molecule has 39 heavy (non-hydrogen) atoms. The standard InChI is InChI=1S/C29H28F3NO3S3/c1-5-35-27(34)28(3,4)36-21-10-12-22(13-11-21)38-17-25-24(15-23-14-18(2)16-37-23)33-26(39-25)19-6-8-20(9-7-19)29(30,31)32/h6-14,16H,5,15,17H2,1-4H3. The number of thiazole rings is 1. The first-order valence-electron chi connectivity index (χ1n) is 12.2. The second kappa shape index (κ2) is 12.1. The van der Waals surface area contributed by atoms with Crippen LogP contribution in [0.5, 0.6) is 5.75 Å². The zero-order chi connectivity index (χ0) is 28.2. The molecule has 4 rings (SSSR count). The minimum absolute atomic E-state index is 0.285. The van der Waals surface area contributed by atoms with Crippen LogP contribution in [0.15, 0.2) is 64.9 Å². The number of nitrogens with zero attached hydrogens (tertiary/aromatic N) is 1. The minimum atomic E-state index is -4.37. The van der Waals surface area contributed by atoms with Crippen molar-refractivity contribution in [3.63, 3.8) is 0 Å². The van der Waals surface area contributed by atoms with Crippen LogP contribution in [-0.4, -0.2) is 23.2 Å². The lowest BCUT2D eigenvalue weighted by atomic mass is 10.1. The van der Waals surface area contributed by atoms with E-state index in [1.807, 2.05) is 31.2 Å². The Bertz CT molecular complexity index is 1410. The summed E-state index contributed by atoms with van der Waals surface area (Å²) in [6.45, 7) is 7.42. The fourth-order valence-electron chi connectivity index (χ4n) is 3.70. The van der Waals surface area contributed by atoms with E-state index in [4.69, 9.17) is 14.5 Å². The predicted octanol–water partition coefficient (Wildman–Crippen LogP) is 8.80. The third-order valence-electron chi connectivity index (χ3n) is 5.70. The number of benzene rings is 2. The van der Waals surface area contributed by atoms with E-state index in [-0.39, 0.29) is 6.61 Å². The summed E-state index contributed by atoms with van der Waals surface area (Å²) in [7, 11) is 0. The second-order valence-corrected chi connectivity index (χ2v) is 12.5. The molecule has 2 aromatic heterocycles. The van der Waals surface area contributed by atoms with Crippen molar-refractivity contribution < 1.29 is 27.4 Å². The summed E-state index contributed by atoms with van der Waals surface area (Å²) in [6.07, 6.45) is -3.71. The lowest BCUT2D eigenvalue weighted by Gasteiger charge is -2.24. The number of rotatable bonds is 10. The molecule has 2 aromatic carbocycles. The molecule has 4 nitrogen and oxygen atoms in total. The quantitative estimate of drug-likeness (QED) is 0.136. The summed E-state index contributed by atoms with van der Waals surface area (Å²) in [6, 6.07) is 14.8. The first kappa shape index (κ1) is 29.2.